The van der Waals surface area contributed by atoms with Crippen molar-refractivity contribution >= 4 is 29.1 Å². The summed E-state index contributed by atoms with van der Waals surface area (Å²) in [7, 11) is 0. The first-order valence-electron chi connectivity index (χ1n) is 7.10. The molecule has 0 saturated heterocycles. The number of thioether (sulfide) groups is 1. The molecule has 3 heterocycles. The third-order valence-corrected chi connectivity index (χ3v) is 4.82. The fourth-order valence-corrected chi connectivity index (χ4v) is 3.77. The number of rotatable bonds is 3. The molecule has 4 rings (SSSR count). The zero-order valence-corrected chi connectivity index (χ0v) is 13.8. The minimum Gasteiger partial charge on any atom is -0.316 e. The number of nitro benzene ring substituents is 1. The molecule has 0 amide bonds. The summed E-state index contributed by atoms with van der Waals surface area (Å²) in [4.78, 5) is 23.5. The summed E-state index contributed by atoms with van der Waals surface area (Å²) in [5.74, 6) is 0.934. The predicted octanol–water partition coefficient (Wildman–Crippen LogP) is 3.67. The van der Waals surface area contributed by atoms with E-state index in [1.54, 1.807) is 30.1 Å². The Kier molecular flexibility index (Phi) is 3.70. The molecule has 3 aromatic rings. The molecule has 0 radical (unpaired) electrons. The van der Waals surface area contributed by atoms with Crippen molar-refractivity contribution in [3.05, 3.63) is 51.9 Å². The maximum atomic E-state index is 11.1. The zero-order chi connectivity index (χ0) is 16.7. The second kappa shape index (κ2) is 5.88. The molecule has 0 N–H and O–H groups in total. The van der Waals surface area contributed by atoms with E-state index in [1.807, 2.05) is 6.07 Å². The van der Waals surface area contributed by atoms with E-state index in [0.29, 0.717) is 17.0 Å². The molecule has 120 valence electrons. The van der Waals surface area contributed by atoms with Crippen molar-refractivity contribution < 1.29 is 4.92 Å². The lowest BCUT2D eigenvalue weighted by Crippen LogP contribution is -2.00. The highest BCUT2D eigenvalue weighted by atomic mass is 35.5. The molecule has 1 aromatic carbocycles. The molecule has 0 fully saturated rings. The Morgan fingerprint density at radius 1 is 1.29 bits per heavy atom. The maximum Gasteiger partial charge on any atom is 0.270 e. The van der Waals surface area contributed by atoms with Gasteiger partial charge in [0.25, 0.3) is 5.69 Å². The highest BCUT2D eigenvalue weighted by Gasteiger charge is 2.25. The first kappa shape index (κ1) is 15.1. The molecule has 9 heteroatoms. The van der Waals surface area contributed by atoms with Gasteiger partial charge >= 0.3 is 0 Å². The second-order valence-corrected chi connectivity index (χ2v) is 6.51. The number of fused-ring (bicyclic) bond motifs is 1. The van der Waals surface area contributed by atoms with Gasteiger partial charge < -0.3 is 4.57 Å². The lowest BCUT2D eigenvalue weighted by atomic mass is 10.1. The molecule has 24 heavy (non-hydrogen) atoms. The van der Waals surface area contributed by atoms with E-state index in [0.717, 1.165) is 23.1 Å². The zero-order valence-electron chi connectivity index (χ0n) is 12.2. The summed E-state index contributed by atoms with van der Waals surface area (Å²) in [6, 6.07) is 8.21. The van der Waals surface area contributed by atoms with Crippen LogP contribution in [0.1, 0.15) is 0 Å². The van der Waals surface area contributed by atoms with E-state index in [-0.39, 0.29) is 11.0 Å². The average molecular weight is 360 g/mol. The van der Waals surface area contributed by atoms with Crippen molar-refractivity contribution in [2.24, 2.45) is 0 Å². The standard InChI is InChI=1S/C15H10ClN5O2S/c16-14-17-5-4-11(18-14)13-12(19-15-20(13)6-7-24-15)9-2-1-3-10(8-9)21(22)23/h1-5,8H,6-7H2. The van der Waals surface area contributed by atoms with Crippen LogP contribution in [-0.4, -0.2) is 30.2 Å². The van der Waals surface area contributed by atoms with E-state index >= 15 is 0 Å². The van der Waals surface area contributed by atoms with Gasteiger partial charge in [0.15, 0.2) is 5.16 Å². The minimum absolute atomic E-state index is 0.0278. The first-order chi connectivity index (χ1) is 11.6. The fourth-order valence-electron chi connectivity index (χ4n) is 2.67. The van der Waals surface area contributed by atoms with Crippen LogP contribution >= 0.6 is 23.4 Å². The van der Waals surface area contributed by atoms with Gasteiger partial charge in [0.05, 0.1) is 22.0 Å². The molecule has 0 atom stereocenters. The van der Waals surface area contributed by atoms with Crippen molar-refractivity contribution in [2.75, 3.05) is 5.75 Å². The van der Waals surface area contributed by atoms with Gasteiger partial charge in [-0.3, -0.25) is 10.1 Å². The molecule has 0 spiro atoms. The van der Waals surface area contributed by atoms with Crippen LogP contribution in [0.2, 0.25) is 5.28 Å². The lowest BCUT2D eigenvalue weighted by molar-refractivity contribution is -0.384. The Labute approximate surface area is 145 Å². The molecule has 0 bridgehead atoms. The summed E-state index contributed by atoms with van der Waals surface area (Å²) in [5.41, 5.74) is 2.82. The van der Waals surface area contributed by atoms with Crippen LogP contribution < -0.4 is 0 Å². The Balaban J connectivity index is 1.94. The third-order valence-electron chi connectivity index (χ3n) is 3.68. The number of non-ortho nitro benzene ring substituents is 1. The highest BCUT2D eigenvalue weighted by molar-refractivity contribution is 7.99. The van der Waals surface area contributed by atoms with Gasteiger partial charge in [-0.1, -0.05) is 23.9 Å². The van der Waals surface area contributed by atoms with Crippen molar-refractivity contribution in [1.82, 2.24) is 19.5 Å². The van der Waals surface area contributed by atoms with Crippen molar-refractivity contribution in [3.63, 3.8) is 0 Å². The van der Waals surface area contributed by atoms with E-state index in [9.17, 15) is 10.1 Å². The van der Waals surface area contributed by atoms with Gasteiger partial charge in [0, 0.05) is 36.2 Å². The number of aromatic nitrogens is 4. The molecular weight excluding hydrogens is 350 g/mol. The Hall–Kier alpha value is -2.45. The van der Waals surface area contributed by atoms with E-state index in [1.165, 1.54) is 12.1 Å². The van der Waals surface area contributed by atoms with Gasteiger partial charge in [-0.05, 0) is 17.7 Å². The van der Waals surface area contributed by atoms with Crippen LogP contribution in [-0.2, 0) is 6.54 Å². The number of hydrogen-bond donors (Lipinski definition) is 0. The summed E-state index contributed by atoms with van der Waals surface area (Å²) in [6.45, 7) is 0.804. The molecule has 2 aromatic heterocycles. The Morgan fingerprint density at radius 2 is 2.17 bits per heavy atom. The van der Waals surface area contributed by atoms with Crippen LogP contribution in [0.25, 0.3) is 22.6 Å². The SMILES string of the molecule is O=[N+]([O-])c1cccc(-c2nc3n(c2-c2ccnc(Cl)n2)CCS3)c1. The van der Waals surface area contributed by atoms with Gasteiger partial charge in [-0.15, -0.1) is 0 Å². The normalized spacial score (nSPS) is 13.0. The van der Waals surface area contributed by atoms with Crippen molar-refractivity contribution in [3.8, 4) is 22.6 Å². The number of hydrogen-bond acceptors (Lipinski definition) is 6. The largest absolute Gasteiger partial charge is 0.316 e. The average Bonchev–Trinajstić information content (AvgIpc) is 3.15. The summed E-state index contributed by atoms with van der Waals surface area (Å²) in [5, 5.41) is 12.1. The molecular formula is C15H10ClN5O2S. The Bertz CT molecular complexity index is 959. The number of benzene rings is 1. The molecule has 1 aliphatic heterocycles. The molecule has 1 aliphatic rings. The van der Waals surface area contributed by atoms with Crippen LogP contribution in [0.5, 0.6) is 0 Å². The summed E-state index contributed by atoms with van der Waals surface area (Å²) in [6.07, 6.45) is 1.59. The highest BCUT2D eigenvalue weighted by Crippen LogP contribution is 2.39. The number of nitro groups is 1. The molecule has 7 nitrogen and oxygen atoms in total. The monoisotopic (exact) mass is 359 g/mol. The fraction of sp³-hybridized carbons (Fsp3) is 0.133. The number of imidazole rings is 1. The summed E-state index contributed by atoms with van der Waals surface area (Å²) >= 11 is 7.58. The minimum atomic E-state index is -0.413. The second-order valence-electron chi connectivity index (χ2n) is 5.11. The van der Waals surface area contributed by atoms with E-state index in [2.05, 4.69) is 19.5 Å². The summed E-state index contributed by atoms with van der Waals surface area (Å²) < 4.78 is 2.07. The van der Waals surface area contributed by atoms with Crippen LogP contribution in [0.3, 0.4) is 0 Å². The van der Waals surface area contributed by atoms with Crippen molar-refractivity contribution in [2.45, 2.75) is 11.7 Å². The van der Waals surface area contributed by atoms with E-state index < -0.39 is 4.92 Å². The van der Waals surface area contributed by atoms with Crippen LogP contribution in [0.4, 0.5) is 5.69 Å². The van der Waals surface area contributed by atoms with Crippen LogP contribution in [0, 0.1) is 10.1 Å². The molecule has 0 unspecified atom stereocenters. The van der Waals surface area contributed by atoms with Gasteiger partial charge in [0.2, 0.25) is 5.28 Å². The van der Waals surface area contributed by atoms with Crippen LogP contribution in [0.15, 0.2) is 41.7 Å². The quantitative estimate of drug-likeness (QED) is 0.403. The Morgan fingerprint density at radius 3 is 2.96 bits per heavy atom. The smallest absolute Gasteiger partial charge is 0.270 e. The maximum absolute atomic E-state index is 11.1. The van der Waals surface area contributed by atoms with E-state index in [4.69, 9.17) is 11.6 Å². The lowest BCUT2D eigenvalue weighted by Gasteiger charge is -2.07. The third kappa shape index (κ3) is 2.53. The van der Waals surface area contributed by atoms with Crippen molar-refractivity contribution in [1.29, 1.82) is 0 Å². The number of nitrogens with zero attached hydrogens (tertiary/aromatic N) is 5. The van der Waals surface area contributed by atoms with Gasteiger partial charge in [0.1, 0.15) is 0 Å². The molecule has 0 aliphatic carbocycles. The first-order valence-corrected chi connectivity index (χ1v) is 8.47. The topological polar surface area (TPSA) is 86.7 Å². The number of halogens is 1. The van der Waals surface area contributed by atoms with Gasteiger partial charge in [-0.2, -0.15) is 0 Å². The molecule has 0 saturated carbocycles. The predicted molar refractivity (Wildman–Crippen MR) is 91.1 cm³/mol. The van der Waals surface area contributed by atoms with Gasteiger partial charge in [-0.25, -0.2) is 15.0 Å².